The summed E-state index contributed by atoms with van der Waals surface area (Å²) in [4.78, 5) is 0. The SMILES string of the molecule is OCP(CO)CO.[Cl][Hg][Cl]. The third-order valence-corrected chi connectivity index (χ3v) is 1.80. The average Bonchev–Trinajstić information content (AvgIpc) is 1.93. The van der Waals surface area contributed by atoms with E-state index in [4.69, 9.17) is 31.8 Å². The molecule has 0 aliphatic carbocycles. The van der Waals surface area contributed by atoms with Gasteiger partial charge < -0.3 is 15.3 Å². The number of rotatable bonds is 3. The van der Waals surface area contributed by atoms with Crippen LogP contribution < -0.4 is 0 Å². The summed E-state index contributed by atoms with van der Waals surface area (Å²) in [6.45, 7) is 0. The molecule has 10 heavy (non-hydrogen) atoms. The van der Waals surface area contributed by atoms with Crippen molar-refractivity contribution in [2.45, 2.75) is 0 Å². The summed E-state index contributed by atoms with van der Waals surface area (Å²) in [6.07, 6.45) is -0.243. The Morgan fingerprint density at radius 3 is 1.20 bits per heavy atom. The van der Waals surface area contributed by atoms with Crippen LogP contribution in [-0.4, -0.2) is 34.4 Å². The standard InChI is InChI=1S/C3H9O3P.2ClH.Hg/c4-1-7(2-5)3-6;;;/h4-6H,1-3H2;2*1H;/q;;;+2/p-2. The molecule has 0 aromatic heterocycles. The van der Waals surface area contributed by atoms with Gasteiger partial charge in [-0.15, -0.1) is 0 Å². The number of hydrogen-bond donors (Lipinski definition) is 3. The van der Waals surface area contributed by atoms with Crippen LogP contribution >= 0.6 is 24.4 Å². The quantitative estimate of drug-likeness (QED) is 0.487. The third-order valence-electron chi connectivity index (χ3n) is 0.600. The molecule has 0 rings (SSSR count). The molecule has 0 fully saturated rings. The fourth-order valence-corrected chi connectivity index (χ4v) is 0.402. The summed E-state index contributed by atoms with van der Waals surface area (Å²) >= 11 is -1.14. The monoisotopic (exact) mass is 396 g/mol. The third kappa shape index (κ3) is 12.5. The van der Waals surface area contributed by atoms with Crippen molar-refractivity contribution in [2.24, 2.45) is 0 Å². The van der Waals surface area contributed by atoms with E-state index in [-0.39, 0.29) is 19.0 Å². The van der Waals surface area contributed by atoms with Crippen molar-refractivity contribution in [1.29, 1.82) is 0 Å². The molecular weight excluding hydrogens is 386 g/mol. The van der Waals surface area contributed by atoms with Gasteiger partial charge in [0, 0.05) is 0 Å². The molecule has 3 nitrogen and oxygen atoms in total. The van der Waals surface area contributed by atoms with Crippen LogP contribution in [0.25, 0.3) is 0 Å². The predicted octanol–water partition coefficient (Wildman–Crippen LogP) is 0.694. The second-order valence-corrected chi connectivity index (χ2v) is 11.3. The fraction of sp³-hybridized carbons (Fsp3) is 1.00. The molecule has 3 N–H and O–H groups in total. The summed E-state index contributed by atoms with van der Waals surface area (Å²) in [5.74, 6) is 0. The maximum atomic E-state index is 8.23. The zero-order chi connectivity index (χ0) is 8.41. The Balaban J connectivity index is 0. The molecule has 0 aromatic rings. The van der Waals surface area contributed by atoms with E-state index >= 15 is 0 Å². The number of hydrogen-bond acceptors (Lipinski definition) is 3. The molecule has 0 aliphatic rings. The van der Waals surface area contributed by atoms with Crippen LogP contribution in [-0.2, 0) is 22.1 Å². The zero-order valence-corrected chi connectivity index (χ0v) is 13.3. The van der Waals surface area contributed by atoms with E-state index in [0.717, 1.165) is 0 Å². The van der Waals surface area contributed by atoms with Gasteiger partial charge in [0.2, 0.25) is 0 Å². The minimum atomic E-state index is -1.14. The Kier molecular flexibility index (Phi) is 19.3. The van der Waals surface area contributed by atoms with E-state index in [1.807, 2.05) is 0 Å². The topological polar surface area (TPSA) is 60.7 Å². The van der Waals surface area contributed by atoms with Gasteiger partial charge in [-0.2, -0.15) is 0 Å². The summed E-state index contributed by atoms with van der Waals surface area (Å²) in [5.41, 5.74) is 0. The van der Waals surface area contributed by atoms with Gasteiger partial charge in [0.05, 0.1) is 19.0 Å². The molecule has 0 heterocycles. The average molecular weight is 396 g/mol. The molecule has 0 aromatic carbocycles. The molecule has 0 bridgehead atoms. The second-order valence-electron chi connectivity index (χ2n) is 1.20. The Morgan fingerprint density at radius 1 is 1.00 bits per heavy atom. The van der Waals surface area contributed by atoms with Gasteiger partial charge >= 0.3 is 38.6 Å². The van der Waals surface area contributed by atoms with Crippen LogP contribution in [0.4, 0.5) is 0 Å². The van der Waals surface area contributed by atoms with Gasteiger partial charge in [0.1, 0.15) is 0 Å². The van der Waals surface area contributed by atoms with Crippen molar-refractivity contribution < 1.29 is 37.4 Å². The van der Waals surface area contributed by atoms with Gasteiger partial charge in [-0.1, -0.05) is 0 Å². The van der Waals surface area contributed by atoms with Crippen LogP contribution in [0.3, 0.4) is 0 Å². The van der Waals surface area contributed by atoms with Crippen molar-refractivity contribution >= 4 is 24.4 Å². The molecule has 0 atom stereocenters. The van der Waals surface area contributed by atoms with E-state index in [1.54, 1.807) is 0 Å². The van der Waals surface area contributed by atoms with Crippen LogP contribution in [0, 0.1) is 0 Å². The second kappa shape index (κ2) is 13.4. The first-order valence-electron chi connectivity index (χ1n) is 2.43. The summed E-state index contributed by atoms with van der Waals surface area (Å²) in [6, 6.07) is 0. The number of aliphatic hydroxyl groups is 3. The van der Waals surface area contributed by atoms with Gasteiger partial charge in [0.25, 0.3) is 0 Å². The van der Waals surface area contributed by atoms with Gasteiger partial charge in [-0.05, 0) is 7.92 Å². The number of halogens is 2. The molecule has 0 radical (unpaired) electrons. The van der Waals surface area contributed by atoms with E-state index in [1.165, 1.54) is 0 Å². The van der Waals surface area contributed by atoms with Crippen molar-refractivity contribution in [3.8, 4) is 0 Å². The first kappa shape index (κ1) is 14.4. The summed E-state index contributed by atoms with van der Waals surface area (Å²) < 4.78 is 0. The normalized spacial score (nSPS) is 8.20. The minimum absolute atomic E-state index is 0.0810. The van der Waals surface area contributed by atoms with Crippen molar-refractivity contribution in [3.63, 3.8) is 0 Å². The first-order chi connectivity index (χ1) is 4.76. The van der Waals surface area contributed by atoms with Crippen LogP contribution in [0.1, 0.15) is 0 Å². The van der Waals surface area contributed by atoms with Crippen molar-refractivity contribution in [2.75, 3.05) is 19.0 Å². The zero-order valence-electron chi connectivity index (χ0n) is 5.37. The summed E-state index contributed by atoms with van der Waals surface area (Å²) in [5, 5.41) is 24.7. The van der Waals surface area contributed by atoms with Gasteiger partial charge in [-0.25, -0.2) is 0 Å². The van der Waals surface area contributed by atoms with E-state index in [2.05, 4.69) is 0 Å². The van der Waals surface area contributed by atoms with Crippen molar-refractivity contribution in [1.82, 2.24) is 0 Å². The Labute approximate surface area is 80.4 Å². The molecule has 0 saturated heterocycles. The molecule has 0 amide bonds. The molecule has 7 heteroatoms. The van der Waals surface area contributed by atoms with Crippen LogP contribution in [0.15, 0.2) is 0 Å². The Hall–Kier alpha value is 1.83. The van der Waals surface area contributed by atoms with Crippen molar-refractivity contribution in [3.05, 3.63) is 0 Å². The molecular formula is C3H9Cl2HgO3P. The molecule has 0 aliphatic heterocycles. The van der Waals surface area contributed by atoms with Crippen LogP contribution in [0.5, 0.6) is 0 Å². The predicted molar refractivity (Wildman–Crippen MR) is 39.9 cm³/mol. The van der Waals surface area contributed by atoms with Crippen LogP contribution in [0.2, 0.25) is 0 Å². The van der Waals surface area contributed by atoms with Gasteiger partial charge in [-0.3, -0.25) is 0 Å². The van der Waals surface area contributed by atoms with Gasteiger partial charge in [0.15, 0.2) is 0 Å². The fourth-order valence-electron chi connectivity index (χ4n) is 0.134. The maximum absolute atomic E-state index is 8.23. The Morgan fingerprint density at radius 2 is 1.20 bits per heavy atom. The van der Waals surface area contributed by atoms with E-state index in [9.17, 15) is 0 Å². The van der Waals surface area contributed by atoms with E-state index in [0.29, 0.717) is 0 Å². The molecule has 60 valence electrons. The summed E-state index contributed by atoms with van der Waals surface area (Å²) in [7, 11) is 9.08. The van der Waals surface area contributed by atoms with E-state index < -0.39 is 30.0 Å². The number of aliphatic hydroxyl groups excluding tert-OH is 3. The Bertz CT molecular complexity index is 51.5. The molecule has 0 spiro atoms. The molecule has 0 saturated carbocycles. The molecule has 0 unspecified atom stereocenters. The first-order valence-corrected chi connectivity index (χ1v) is 17.9.